The van der Waals surface area contributed by atoms with E-state index < -0.39 is 0 Å². The van der Waals surface area contributed by atoms with Gasteiger partial charge >= 0.3 is 0 Å². The van der Waals surface area contributed by atoms with Crippen molar-refractivity contribution in [2.75, 3.05) is 13.1 Å². The van der Waals surface area contributed by atoms with Crippen LogP contribution in [-0.4, -0.2) is 34.0 Å². The fraction of sp³-hybridized carbons (Fsp3) is 0.636. The lowest BCUT2D eigenvalue weighted by Gasteiger charge is -2.34. The van der Waals surface area contributed by atoms with Gasteiger partial charge in [-0.1, -0.05) is 6.42 Å². The fourth-order valence-electron chi connectivity index (χ4n) is 2.15. The first-order valence-electron chi connectivity index (χ1n) is 5.59. The van der Waals surface area contributed by atoms with Crippen LogP contribution in [0.5, 0.6) is 0 Å². The summed E-state index contributed by atoms with van der Waals surface area (Å²) < 4.78 is 0. The van der Waals surface area contributed by atoms with Gasteiger partial charge in [-0.3, -0.25) is 4.90 Å². The van der Waals surface area contributed by atoms with Crippen LogP contribution in [0.2, 0.25) is 0 Å². The van der Waals surface area contributed by atoms with E-state index in [1.165, 1.54) is 19.3 Å². The van der Waals surface area contributed by atoms with Crippen LogP contribution in [0, 0.1) is 0 Å². The van der Waals surface area contributed by atoms with Gasteiger partial charge in [-0.25, -0.2) is 9.97 Å². The highest BCUT2D eigenvalue weighted by Crippen LogP contribution is 2.17. The van der Waals surface area contributed by atoms with Gasteiger partial charge in [0.1, 0.15) is 6.33 Å². The zero-order valence-electron chi connectivity index (χ0n) is 8.97. The van der Waals surface area contributed by atoms with E-state index in [0.29, 0.717) is 6.04 Å². The molecule has 2 N–H and O–H groups in total. The number of hydrogen-bond acceptors (Lipinski definition) is 4. The molecule has 0 saturated carbocycles. The standard InChI is InChI=1S/C11H18N4/c12-7-11-3-1-2-6-15(11)8-10-4-5-13-9-14-10/h4-5,9,11H,1-3,6-8,12H2. The Hall–Kier alpha value is -1.00. The van der Waals surface area contributed by atoms with Crippen LogP contribution in [-0.2, 0) is 6.54 Å². The fourth-order valence-corrected chi connectivity index (χ4v) is 2.15. The van der Waals surface area contributed by atoms with Crippen molar-refractivity contribution in [2.24, 2.45) is 5.73 Å². The van der Waals surface area contributed by atoms with Gasteiger partial charge < -0.3 is 5.73 Å². The molecule has 0 aliphatic carbocycles. The maximum atomic E-state index is 5.77. The molecule has 82 valence electrons. The van der Waals surface area contributed by atoms with E-state index in [-0.39, 0.29) is 0 Å². The summed E-state index contributed by atoms with van der Waals surface area (Å²) in [6.07, 6.45) is 7.21. The van der Waals surface area contributed by atoms with Gasteiger partial charge in [0.25, 0.3) is 0 Å². The second-order valence-corrected chi connectivity index (χ2v) is 4.06. The highest BCUT2D eigenvalue weighted by molar-refractivity contribution is 4.98. The van der Waals surface area contributed by atoms with Crippen molar-refractivity contribution in [1.29, 1.82) is 0 Å². The molecule has 0 amide bonds. The van der Waals surface area contributed by atoms with Crippen molar-refractivity contribution in [3.05, 3.63) is 24.3 Å². The van der Waals surface area contributed by atoms with Gasteiger partial charge in [0, 0.05) is 25.3 Å². The van der Waals surface area contributed by atoms with Crippen molar-refractivity contribution in [3.63, 3.8) is 0 Å². The molecule has 1 aromatic rings. The van der Waals surface area contributed by atoms with Crippen LogP contribution in [0.15, 0.2) is 18.6 Å². The van der Waals surface area contributed by atoms with E-state index in [1.807, 2.05) is 6.07 Å². The van der Waals surface area contributed by atoms with Crippen molar-refractivity contribution >= 4 is 0 Å². The van der Waals surface area contributed by atoms with Gasteiger partial charge in [-0.15, -0.1) is 0 Å². The predicted molar refractivity (Wildman–Crippen MR) is 59.1 cm³/mol. The van der Waals surface area contributed by atoms with E-state index in [2.05, 4.69) is 14.9 Å². The van der Waals surface area contributed by atoms with Crippen molar-refractivity contribution < 1.29 is 0 Å². The smallest absolute Gasteiger partial charge is 0.115 e. The maximum absolute atomic E-state index is 5.77. The number of nitrogens with two attached hydrogens (primary N) is 1. The number of likely N-dealkylation sites (tertiary alicyclic amines) is 1. The molecule has 0 radical (unpaired) electrons. The van der Waals surface area contributed by atoms with Gasteiger partial charge in [0.05, 0.1) is 5.69 Å². The van der Waals surface area contributed by atoms with Crippen molar-refractivity contribution in [3.8, 4) is 0 Å². The third kappa shape index (κ3) is 2.73. The molecule has 4 nitrogen and oxygen atoms in total. The Bertz CT molecular complexity index is 288. The Morgan fingerprint density at radius 2 is 2.40 bits per heavy atom. The van der Waals surface area contributed by atoms with Gasteiger partial charge in [0.15, 0.2) is 0 Å². The summed E-state index contributed by atoms with van der Waals surface area (Å²) in [5.74, 6) is 0. The molecular formula is C11H18N4. The van der Waals surface area contributed by atoms with Crippen molar-refractivity contribution in [2.45, 2.75) is 31.8 Å². The summed E-state index contributed by atoms with van der Waals surface area (Å²) in [5.41, 5.74) is 6.86. The number of hydrogen-bond donors (Lipinski definition) is 1. The van der Waals surface area contributed by atoms with E-state index >= 15 is 0 Å². The molecule has 0 aromatic carbocycles. The van der Waals surface area contributed by atoms with Crippen LogP contribution in [0.25, 0.3) is 0 Å². The summed E-state index contributed by atoms with van der Waals surface area (Å²) >= 11 is 0. The molecule has 1 saturated heterocycles. The topological polar surface area (TPSA) is 55.0 Å². The first kappa shape index (κ1) is 10.5. The highest BCUT2D eigenvalue weighted by Gasteiger charge is 2.20. The van der Waals surface area contributed by atoms with Gasteiger partial charge in [0.2, 0.25) is 0 Å². The van der Waals surface area contributed by atoms with Crippen molar-refractivity contribution in [1.82, 2.24) is 14.9 Å². The minimum atomic E-state index is 0.536. The summed E-state index contributed by atoms with van der Waals surface area (Å²) in [4.78, 5) is 10.6. The Labute approximate surface area is 90.5 Å². The molecule has 1 aromatic heterocycles. The lowest BCUT2D eigenvalue weighted by atomic mass is 10.0. The van der Waals surface area contributed by atoms with Gasteiger partial charge in [-0.2, -0.15) is 0 Å². The molecule has 15 heavy (non-hydrogen) atoms. The lowest BCUT2D eigenvalue weighted by molar-refractivity contribution is 0.143. The average Bonchev–Trinajstić information content (AvgIpc) is 2.31. The molecule has 1 atom stereocenters. The monoisotopic (exact) mass is 206 g/mol. The van der Waals surface area contributed by atoms with Crippen LogP contribution < -0.4 is 5.73 Å². The van der Waals surface area contributed by atoms with E-state index in [1.54, 1.807) is 12.5 Å². The van der Waals surface area contributed by atoms with Gasteiger partial charge in [-0.05, 0) is 25.5 Å². The largest absolute Gasteiger partial charge is 0.329 e. The minimum absolute atomic E-state index is 0.536. The first-order valence-corrected chi connectivity index (χ1v) is 5.59. The SMILES string of the molecule is NCC1CCCCN1Cc1ccncn1. The molecule has 1 aliphatic heterocycles. The van der Waals surface area contributed by atoms with E-state index in [4.69, 9.17) is 5.73 Å². The first-order chi connectivity index (χ1) is 7.40. The van der Waals surface area contributed by atoms with Crippen LogP contribution in [0.4, 0.5) is 0 Å². The Balaban J connectivity index is 1.97. The maximum Gasteiger partial charge on any atom is 0.115 e. The number of rotatable bonds is 3. The zero-order valence-corrected chi connectivity index (χ0v) is 8.97. The summed E-state index contributed by atoms with van der Waals surface area (Å²) in [5, 5.41) is 0. The average molecular weight is 206 g/mol. The Morgan fingerprint density at radius 3 is 3.13 bits per heavy atom. The molecule has 0 bridgehead atoms. The van der Waals surface area contributed by atoms with Crippen LogP contribution >= 0.6 is 0 Å². The number of piperidine rings is 1. The Kier molecular flexibility index (Phi) is 3.64. The molecule has 1 unspecified atom stereocenters. The van der Waals surface area contributed by atoms with E-state index in [0.717, 1.165) is 25.3 Å². The summed E-state index contributed by atoms with van der Waals surface area (Å²) in [6, 6.07) is 2.51. The Morgan fingerprint density at radius 1 is 1.47 bits per heavy atom. The zero-order chi connectivity index (χ0) is 10.5. The highest BCUT2D eigenvalue weighted by atomic mass is 15.2. The van der Waals surface area contributed by atoms with Crippen LogP contribution in [0.1, 0.15) is 25.0 Å². The van der Waals surface area contributed by atoms with E-state index in [9.17, 15) is 0 Å². The molecule has 0 spiro atoms. The molecular weight excluding hydrogens is 188 g/mol. The second-order valence-electron chi connectivity index (χ2n) is 4.06. The lowest BCUT2D eigenvalue weighted by Crippen LogP contribution is -2.43. The minimum Gasteiger partial charge on any atom is -0.329 e. The third-order valence-electron chi connectivity index (χ3n) is 3.03. The number of aromatic nitrogens is 2. The second kappa shape index (κ2) is 5.19. The number of nitrogens with zero attached hydrogens (tertiary/aromatic N) is 3. The molecule has 2 heterocycles. The molecule has 1 aliphatic rings. The van der Waals surface area contributed by atoms with Crippen LogP contribution in [0.3, 0.4) is 0 Å². The third-order valence-corrected chi connectivity index (χ3v) is 3.03. The normalized spacial score (nSPS) is 22.9. The summed E-state index contributed by atoms with van der Waals surface area (Å²) in [6.45, 7) is 2.81. The quantitative estimate of drug-likeness (QED) is 0.794. The molecule has 2 rings (SSSR count). The summed E-state index contributed by atoms with van der Waals surface area (Å²) in [7, 11) is 0. The molecule has 4 heteroatoms. The predicted octanol–water partition coefficient (Wildman–Crippen LogP) is 0.790. The molecule has 1 fully saturated rings.